The molecule has 1 aromatic heterocycles. The highest BCUT2D eigenvalue weighted by Crippen LogP contribution is 2.26. The van der Waals surface area contributed by atoms with Crippen molar-refractivity contribution in [2.75, 3.05) is 11.9 Å². The molecule has 0 bridgehead atoms. The van der Waals surface area contributed by atoms with Gasteiger partial charge in [0.05, 0.1) is 5.02 Å². The fourth-order valence-corrected chi connectivity index (χ4v) is 2.29. The van der Waals surface area contributed by atoms with Gasteiger partial charge in [-0.05, 0) is 31.5 Å². The normalized spacial score (nSPS) is 10.4. The van der Waals surface area contributed by atoms with Crippen LogP contribution in [-0.2, 0) is 6.61 Å². The molecule has 0 unspecified atom stereocenters. The second-order valence-electron chi connectivity index (χ2n) is 3.75. The highest BCUT2D eigenvalue weighted by molar-refractivity contribution is 7.15. The zero-order valence-corrected chi connectivity index (χ0v) is 11.8. The SMILES string of the molecule is CCNc1nnc(COc2cc(C)ccc2Cl)s1. The number of aryl methyl sites for hydroxylation is 1. The molecule has 0 amide bonds. The van der Waals surface area contributed by atoms with E-state index in [1.165, 1.54) is 11.3 Å². The minimum absolute atomic E-state index is 0.381. The van der Waals surface area contributed by atoms with E-state index in [4.69, 9.17) is 16.3 Å². The summed E-state index contributed by atoms with van der Waals surface area (Å²) in [6.45, 7) is 5.23. The fourth-order valence-electron chi connectivity index (χ4n) is 1.40. The Balaban J connectivity index is 1.99. The van der Waals surface area contributed by atoms with Crippen LogP contribution < -0.4 is 10.1 Å². The molecule has 6 heteroatoms. The summed E-state index contributed by atoms with van der Waals surface area (Å²) in [5.41, 5.74) is 1.11. The van der Waals surface area contributed by atoms with E-state index in [0.29, 0.717) is 17.4 Å². The second kappa shape index (κ2) is 6.02. The summed E-state index contributed by atoms with van der Waals surface area (Å²) in [6, 6.07) is 5.69. The van der Waals surface area contributed by atoms with E-state index in [0.717, 1.165) is 22.2 Å². The van der Waals surface area contributed by atoms with Crippen LogP contribution in [0.2, 0.25) is 5.02 Å². The zero-order valence-electron chi connectivity index (χ0n) is 10.2. The number of ether oxygens (including phenoxy) is 1. The van der Waals surface area contributed by atoms with Gasteiger partial charge in [0, 0.05) is 6.54 Å². The van der Waals surface area contributed by atoms with Crippen molar-refractivity contribution in [1.29, 1.82) is 0 Å². The molecule has 0 radical (unpaired) electrons. The standard InChI is InChI=1S/C12H14ClN3OS/c1-3-14-12-16-15-11(18-12)7-17-10-6-8(2)4-5-9(10)13/h4-6H,3,7H2,1-2H3,(H,14,16). The van der Waals surface area contributed by atoms with E-state index in [1.54, 1.807) is 0 Å². The van der Waals surface area contributed by atoms with Crippen molar-refractivity contribution in [2.45, 2.75) is 20.5 Å². The first kappa shape index (κ1) is 13.1. The lowest BCUT2D eigenvalue weighted by Gasteiger charge is -2.06. The van der Waals surface area contributed by atoms with Crippen LogP contribution in [0.25, 0.3) is 0 Å². The number of halogens is 1. The van der Waals surface area contributed by atoms with Crippen LogP contribution in [0.3, 0.4) is 0 Å². The highest BCUT2D eigenvalue weighted by Gasteiger charge is 2.06. The number of hydrogen-bond acceptors (Lipinski definition) is 5. The Kier molecular flexibility index (Phi) is 4.38. The quantitative estimate of drug-likeness (QED) is 0.912. The molecule has 0 saturated carbocycles. The molecule has 4 nitrogen and oxygen atoms in total. The van der Waals surface area contributed by atoms with Crippen molar-refractivity contribution in [3.63, 3.8) is 0 Å². The monoisotopic (exact) mass is 283 g/mol. The zero-order chi connectivity index (χ0) is 13.0. The highest BCUT2D eigenvalue weighted by atomic mass is 35.5. The van der Waals surface area contributed by atoms with Crippen LogP contribution >= 0.6 is 22.9 Å². The molecule has 2 rings (SSSR count). The van der Waals surface area contributed by atoms with Crippen molar-refractivity contribution in [1.82, 2.24) is 10.2 Å². The van der Waals surface area contributed by atoms with Gasteiger partial charge in [0.2, 0.25) is 5.13 Å². The minimum Gasteiger partial charge on any atom is -0.485 e. The molecule has 0 aliphatic heterocycles. The van der Waals surface area contributed by atoms with Crippen molar-refractivity contribution < 1.29 is 4.74 Å². The van der Waals surface area contributed by atoms with Crippen LogP contribution in [0.15, 0.2) is 18.2 Å². The van der Waals surface area contributed by atoms with Gasteiger partial charge >= 0.3 is 0 Å². The van der Waals surface area contributed by atoms with E-state index in [9.17, 15) is 0 Å². The number of anilines is 1. The van der Waals surface area contributed by atoms with Gasteiger partial charge in [0.25, 0.3) is 0 Å². The van der Waals surface area contributed by atoms with E-state index < -0.39 is 0 Å². The summed E-state index contributed by atoms with van der Waals surface area (Å²) < 4.78 is 5.64. The van der Waals surface area contributed by atoms with Gasteiger partial charge in [-0.2, -0.15) is 0 Å². The Morgan fingerprint density at radius 1 is 1.39 bits per heavy atom. The van der Waals surface area contributed by atoms with Crippen LogP contribution in [0, 0.1) is 6.92 Å². The number of rotatable bonds is 5. The van der Waals surface area contributed by atoms with E-state index >= 15 is 0 Å². The van der Waals surface area contributed by atoms with Gasteiger partial charge in [-0.3, -0.25) is 0 Å². The maximum atomic E-state index is 6.05. The van der Waals surface area contributed by atoms with Gasteiger partial charge in [-0.1, -0.05) is 29.0 Å². The third-order valence-corrected chi connectivity index (χ3v) is 3.40. The largest absolute Gasteiger partial charge is 0.485 e. The van der Waals surface area contributed by atoms with Crippen molar-refractivity contribution >= 4 is 28.1 Å². The third-order valence-electron chi connectivity index (χ3n) is 2.23. The van der Waals surface area contributed by atoms with E-state index in [-0.39, 0.29) is 0 Å². The summed E-state index contributed by atoms with van der Waals surface area (Å²) in [4.78, 5) is 0. The molecule has 0 aliphatic carbocycles. The average molecular weight is 284 g/mol. The van der Waals surface area contributed by atoms with E-state index in [2.05, 4.69) is 15.5 Å². The molecule has 1 heterocycles. The summed E-state index contributed by atoms with van der Waals surface area (Å²) in [5, 5.41) is 13.4. The fraction of sp³-hybridized carbons (Fsp3) is 0.333. The molecule has 1 N–H and O–H groups in total. The second-order valence-corrected chi connectivity index (χ2v) is 5.22. The third kappa shape index (κ3) is 3.34. The molecular weight excluding hydrogens is 270 g/mol. The maximum Gasteiger partial charge on any atom is 0.205 e. The number of nitrogens with one attached hydrogen (secondary N) is 1. The smallest absolute Gasteiger partial charge is 0.205 e. The first-order chi connectivity index (χ1) is 8.69. The Morgan fingerprint density at radius 2 is 2.22 bits per heavy atom. The lowest BCUT2D eigenvalue weighted by Crippen LogP contribution is -1.95. The lowest BCUT2D eigenvalue weighted by molar-refractivity contribution is 0.304. The molecule has 0 fully saturated rings. The number of nitrogens with zero attached hydrogens (tertiary/aromatic N) is 2. The Bertz CT molecular complexity index is 530. The molecule has 96 valence electrons. The van der Waals surface area contributed by atoms with Crippen LogP contribution in [-0.4, -0.2) is 16.7 Å². The van der Waals surface area contributed by atoms with Crippen LogP contribution in [0.1, 0.15) is 17.5 Å². The molecule has 0 spiro atoms. The van der Waals surface area contributed by atoms with Gasteiger partial charge in [-0.15, -0.1) is 10.2 Å². The van der Waals surface area contributed by atoms with Gasteiger partial charge in [0.1, 0.15) is 12.4 Å². The summed E-state index contributed by atoms with van der Waals surface area (Å²) in [5.74, 6) is 0.678. The minimum atomic E-state index is 0.381. The predicted octanol–water partition coefficient (Wildman–Crippen LogP) is 3.51. The average Bonchev–Trinajstić information content (AvgIpc) is 2.79. The van der Waals surface area contributed by atoms with Crippen LogP contribution in [0.5, 0.6) is 5.75 Å². The molecular formula is C12H14ClN3OS. The number of benzene rings is 1. The summed E-state index contributed by atoms with van der Waals surface area (Å²) in [7, 11) is 0. The van der Waals surface area contributed by atoms with Gasteiger partial charge in [0.15, 0.2) is 5.01 Å². The Labute approximate surface area is 115 Å². The van der Waals surface area contributed by atoms with Crippen molar-refractivity contribution in [3.8, 4) is 5.75 Å². The first-order valence-corrected chi connectivity index (χ1v) is 6.83. The molecule has 2 aromatic rings. The number of aromatic nitrogens is 2. The van der Waals surface area contributed by atoms with Gasteiger partial charge in [-0.25, -0.2) is 0 Å². The number of hydrogen-bond donors (Lipinski definition) is 1. The van der Waals surface area contributed by atoms with Gasteiger partial charge < -0.3 is 10.1 Å². The van der Waals surface area contributed by atoms with Crippen LogP contribution in [0.4, 0.5) is 5.13 Å². The maximum absolute atomic E-state index is 6.05. The molecule has 0 atom stereocenters. The summed E-state index contributed by atoms with van der Waals surface area (Å²) >= 11 is 7.53. The lowest BCUT2D eigenvalue weighted by atomic mass is 10.2. The molecule has 18 heavy (non-hydrogen) atoms. The van der Waals surface area contributed by atoms with E-state index in [1.807, 2.05) is 32.0 Å². The Hall–Kier alpha value is -1.33. The molecule has 0 aliphatic rings. The molecule has 1 aromatic carbocycles. The predicted molar refractivity (Wildman–Crippen MR) is 74.6 cm³/mol. The first-order valence-electron chi connectivity index (χ1n) is 5.64. The molecule has 0 saturated heterocycles. The van der Waals surface area contributed by atoms with Crippen molar-refractivity contribution in [2.24, 2.45) is 0 Å². The topological polar surface area (TPSA) is 47.0 Å². The Morgan fingerprint density at radius 3 is 3.00 bits per heavy atom. The summed E-state index contributed by atoms with van der Waals surface area (Å²) in [6.07, 6.45) is 0. The van der Waals surface area contributed by atoms with Crippen molar-refractivity contribution in [3.05, 3.63) is 33.8 Å².